The zero-order chi connectivity index (χ0) is 20.4. The molecule has 7 heteroatoms. The maximum Gasteiger partial charge on any atom is 0.200 e. The van der Waals surface area contributed by atoms with Crippen LogP contribution in [-0.4, -0.2) is 23.2 Å². The molecular formula is C20H22F5NO. The van der Waals surface area contributed by atoms with Gasteiger partial charge in [-0.3, -0.25) is 4.90 Å². The van der Waals surface area contributed by atoms with E-state index in [4.69, 9.17) is 0 Å². The smallest absolute Gasteiger partial charge is 0.200 e. The van der Waals surface area contributed by atoms with Gasteiger partial charge in [-0.15, -0.1) is 0 Å². The Bertz CT molecular complexity index is 760. The van der Waals surface area contributed by atoms with Crippen molar-refractivity contribution < 1.29 is 27.1 Å². The molecule has 0 aliphatic carbocycles. The van der Waals surface area contributed by atoms with Gasteiger partial charge in [0.05, 0.1) is 6.61 Å². The number of nitrogens with zero attached hydrogens (tertiary/aromatic N) is 1. The molecule has 0 aliphatic heterocycles. The van der Waals surface area contributed by atoms with E-state index in [0.29, 0.717) is 0 Å². The quantitative estimate of drug-likeness (QED) is 0.430. The number of aliphatic hydroxyl groups is 1. The van der Waals surface area contributed by atoms with Crippen LogP contribution >= 0.6 is 0 Å². The lowest BCUT2D eigenvalue weighted by atomic mass is 9.80. The Balaban J connectivity index is 2.64. The van der Waals surface area contributed by atoms with E-state index in [1.807, 2.05) is 0 Å². The highest BCUT2D eigenvalue weighted by Crippen LogP contribution is 2.42. The second-order valence-corrected chi connectivity index (χ2v) is 7.43. The predicted octanol–water partition coefficient (Wildman–Crippen LogP) is 4.96. The minimum Gasteiger partial charge on any atom is -0.395 e. The number of hydrogen-bond acceptors (Lipinski definition) is 2. The molecule has 0 aliphatic rings. The maximum absolute atomic E-state index is 14.5. The first kappa shape index (κ1) is 21.3. The molecule has 27 heavy (non-hydrogen) atoms. The standard InChI is InChI=1S/C20H22F5NO/c1-20(2,3)19(13-14(21)16(23)18(25)17(24)15(13)22)26(9-10-27)11-12-7-5-4-6-8-12/h4-8,19,27H,9-11H2,1-3H3/t19-/m0/s1. The van der Waals surface area contributed by atoms with Crippen molar-refractivity contribution in [2.75, 3.05) is 13.2 Å². The van der Waals surface area contributed by atoms with Crippen LogP contribution in [0.2, 0.25) is 0 Å². The van der Waals surface area contributed by atoms with Crippen molar-refractivity contribution >= 4 is 0 Å². The average Bonchev–Trinajstić information content (AvgIpc) is 2.61. The van der Waals surface area contributed by atoms with Gasteiger partial charge in [-0.25, -0.2) is 22.0 Å². The molecule has 0 bridgehead atoms. The number of halogens is 5. The summed E-state index contributed by atoms with van der Waals surface area (Å²) in [7, 11) is 0. The molecule has 0 spiro atoms. The fraction of sp³-hybridized carbons (Fsp3) is 0.400. The summed E-state index contributed by atoms with van der Waals surface area (Å²) in [4.78, 5) is 1.52. The molecule has 0 radical (unpaired) electrons. The summed E-state index contributed by atoms with van der Waals surface area (Å²) in [6.45, 7) is 4.76. The number of hydrogen-bond donors (Lipinski definition) is 1. The molecule has 0 amide bonds. The second-order valence-electron chi connectivity index (χ2n) is 7.43. The Morgan fingerprint density at radius 3 is 1.78 bits per heavy atom. The highest BCUT2D eigenvalue weighted by Gasteiger charge is 2.39. The first-order chi connectivity index (χ1) is 12.6. The number of benzene rings is 2. The van der Waals surface area contributed by atoms with Gasteiger partial charge in [0.2, 0.25) is 5.82 Å². The van der Waals surface area contributed by atoms with Crippen LogP contribution in [0.3, 0.4) is 0 Å². The number of aliphatic hydroxyl groups excluding tert-OH is 1. The zero-order valence-electron chi connectivity index (χ0n) is 15.4. The summed E-state index contributed by atoms with van der Waals surface area (Å²) >= 11 is 0. The summed E-state index contributed by atoms with van der Waals surface area (Å²) in [5.74, 6) is -9.81. The molecule has 0 unspecified atom stereocenters. The average molecular weight is 387 g/mol. The van der Waals surface area contributed by atoms with Gasteiger partial charge < -0.3 is 5.11 Å². The van der Waals surface area contributed by atoms with Crippen molar-refractivity contribution in [1.82, 2.24) is 4.90 Å². The van der Waals surface area contributed by atoms with Crippen molar-refractivity contribution in [2.24, 2.45) is 5.41 Å². The van der Waals surface area contributed by atoms with Crippen LogP contribution in [0, 0.1) is 34.5 Å². The molecule has 2 aromatic carbocycles. The zero-order valence-corrected chi connectivity index (χ0v) is 15.4. The summed E-state index contributed by atoms with van der Waals surface area (Å²) < 4.78 is 70.1. The molecule has 2 nitrogen and oxygen atoms in total. The lowest BCUT2D eigenvalue weighted by Gasteiger charge is -2.40. The minimum atomic E-state index is -2.18. The van der Waals surface area contributed by atoms with E-state index in [9.17, 15) is 27.1 Å². The van der Waals surface area contributed by atoms with Crippen molar-refractivity contribution in [1.29, 1.82) is 0 Å². The number of rotatable bonds is 6. The molecular weight excluding hydrogens is 365 g/mol. The van der Waals surface area contributed by atoms with Gasteiger partial charge in [0.15, 0.2) is 23.3 Å². The van der Waals surface area contributed by atoms with Gasteiger partial charge in [0.25, 0.3) is 0 Å². The minimum absolute atomic E-state index is 0.00365. The van der Waals surface area contributed by atoms with Crippen LogP contribution in [0.1, 0.15) is 37.9 Å². The van der Waals surface area contributed by atoms with Crippen molar-refractivity contribution in [3.05, 3.63) is 70.5 Å². The molecule has 148 valence electrons. The molecule has 2 aromatic rings. The van der Waals surface area contributed by atoms with Crippen LogP contribution < -0.4 is 0 Å². The van der Waals surface area contributed by atoms with E-state index < -0.39 is 46.1 Å². The summed E-state index contributed by atoms with van der Waals surface area (Å²) in [5, 5.41) is 9.43. The van der Waals surface area contributed by atoms with E-state index in [0.717, 1.165) is 5.56 Å². The first-order valence-corrected chi connectivity index (χ1v) is 8.49. The molecule has 0 saturated carbocycles. The predicted molar refractivity (Wildman–Crippen MR) is 92.4 cm³/mol. The van der Waals surface area contributed by atoms with E-state index in [2.05, 4.69) is 0 Å². The molecule has 0 aromatic heterocycles. The topological polar surface area (TPSA) is 23.5 Å². The molecule has 0 fully saturated rings. The third-order valence-electron chi connectivity index (χ3n) is 4.32. The fourth-order valence-electron chi connectivity index (χ4n) is 3.27. The maximum atomic E-state index is 14.5. The van der Waals surface area contributed by atoms with Gasteiger partial charge in [0, 0.05) is 24.7 Å². The van der Waals surface area contributed by atoms with Crippen molar-refractivity contribution in [2.45, 2.75) is 33.4 Å². The van der Waals surface area contributed by atoms with Gasteiger partial charge in [-0.1, -0.05) is 51.1 Å². The van der Waals surface area contributed by atoms with Gasteiger partial charge in [-0.2, -0.15) is 0 Å². The second kappa shape index (κ2) is 8.35. The van der Waals surface area contributed by atoms with E-state index in [1.54, 1.807) is 51.1 Å². The van der Waals surface area contributed by atoms with Gasteiger partial charge in [-0.05, 0) is 11.0 Å². The Kier molecular flexibility index (Phi) is 6.59. The van der Waals surface area contributed by atoms with Gasteiger partial charge >= 0.3 is 0 Å². The summed E-state index contributed by atoms with van der Waals surface area (Å²) in [6, 6.07) is 7.75. The third kappa shape index (κ3) is 4.47. The fourth-order valence-corrected chi connectivity index (χ4v) is 3.27. The molecule has 0 heterocycles. The lowest BCUT2D eigenvalue weighted by Crippen LogP contribution is -2.40. The Morgan fingerprint density at radius 2 is 1.33 bits per heavy atom. The summed E-state index contributed by atoms with van der Waals surface area (Å²) in [6.07, 6.45) is 0. The lowest BCUT2D eigenvalue weighted by molar-refractivity contribution is 0.0655. The highest BCUT2D eigenvalue weighted by atomic mass is 19.2. The van der Waals surface area contributed by atoms with Crippen LogP contribution in [0.25, 0.3) is 0 Å². The van der Waals surface area contributed by atoms with Crippen LogP contribution in [0.15, 0.2) is 30.3 Å². The Labute approximate surface area is 155 Å². The van der Waals surface area contributed by atoms with E-state index in [1.165, 1.54) is 4.90 Å². The largest absolute Gasteiger partial charge is 0.395 e. The third-order valence-corrected chi connectivity index (χ3v) is 4.32. The van der Waals surface area contributed by atoms with E-state index in [-0.39, 0.29) is 19.7 Å². The summed E-state index contributed by atoms with van der Waals surface area (Å²) in [5.41, 5.74) is -0.991. The van der Waals surface area contributed by atoms with Crippen molar-refractivity contribution in [3.8, 4) is 0 Å². The Hall–Kier alpha value is -1.99. The van der Waals surface area contributed by atoms with Crippen LogP contribution in [-0.2, 0) is 6.54 Å². The van der Waals surface area contributed by atoms with Gasteiger partial charge in [0.1, 0.15) is 0 Å². The SMILES string of the molecule is CC(C)(C)[C@H](c1c(F)c(F)c(F)c(F)c1F)N(CCO)Cc1ccccc1. The molecule has 0 saturated heterocycles. The van der Waals surface area contributed by atoms with Crippen LogP contribution in [0.4, 0.5) is 22.0 Å². The molecule has 1 atom stereocenters. The Morgan fingerprint density at radius 1 is 0.852 bits per heavy atom. The van der Waals surface area contributed by atoms with E-state index >= 15 is 0 Å². The monoisotopic (exact) mass is 387 g/mol. The van der Waals surface area contributed by atoms with Crippen molar-refractivity contribution in [3.63, 3.8) is 0 Å². The first-order valence-electron chi connectivity index (χ1n) is 8.49. The van der Waals surface area contributed by atoms with Crippen LogP contribution in [0.5, 0.6) is 0 Å². The molecule has 2 rings (SSSR count). The highest BCUT2D eigenvalue weighted by molar-refractivity contribution is 5.29. The molecule has 1 N–H and O–H groups in total. The normalized spacial score (nSPS) is 13.3.